The number of amides is 1. The molecule has 0 aliphatic heterocycles. The Labute approximate surface area is 150 Å². The minimum absolute atomic E-state index is 0.0881. The van der Waals surface area contributed by atoms with E-state index in [9.17, 15) is 9.90 Å². The lowest BCUT2D eigenvalue weighted by molar-refractivity contribution is 0.0703. The second-order valence-corrected chi connectivity index (χ2v) is 6.24. The number of hydrogen-bond donors (Lipinski definition) is 2. The van der Waals surface area contributed by atoms with Crippen molar-refractivity contribution in [1.82, 2.24) is 14.9 Å². The number of rotatable bonds is 5. The predicted molar refractivity (Wildman–Crippen MR) is 102 cm³/mol. The third kappa shape index (κ3) is 3.05. The molecule has 0 aliphatic rings. The molecule has 4 rings (SSSR count). The number of aliphatic hydroxyl groups is 1. The van der Waals surface area contributed by atoms with Gasteiger partial charge in [0.15, 0.2) is 0 Å². The maximum absolute atomic E-state index is 13.0. The van der Waals surface area contributed by atoms with Crippen LogP contribution < -0.4 is 0 Å². The van der Waals surface area contributed by atoms with Gasteiger partial charge in [-0.2, -0.15) is 0 Å². The molecule has 0 aliphatic carbocycles. The Bertz CT molecular complexity index is 1060. The van der Waals surface area contributed by atoms with E-state index in [0.29, 0.717) is 12.2 Å². The summed E-state index contributed by atoms with van der Waals surface area (Å²) in [7, 11) is 0. The topological polar surface area (TPSA) is 69.2 Å². The highest BCUT2D eigenvalue weighted by molar-refractivity contribution is 6.09. The first kappa shape index (κ1) is 16.3. The molecule has 0 fully saturated rings. The zero-order valence-corrected chi connectivity index (χ0v) is 14.2. The molecule has 5 nitrogen and oxygen atoms in total. The number of pyridine rings is 1. The number of hydrogen-bond acceptors (Lipinski definition) is 3. The van der Waals surface area contributed by atoms with E-state index in [0.717, 1.165) is 27.2 Å². The van der Waals surface area contributed by atoms with Crippen LogP contribution in [0.15, 0.2) is 67.0 Å². The number of carbonyl (C=O) groups excluding carboxylic acids is 1. The quantitative estimate of drug-likeness (QED) is 0.583. The van der Waals surface area contributed by atoms with Crippen molar-refractivity contribution in [2.45, 2.75) is 6.54 Å². The first-order valence-electron chi connectivity index (χ1n) is 8.56. The number of H-pyrrole nitrogens is 1. The number of aliphatic hydroxyl groups excluding tert-OH is 1. The van der Waals surface area contributed by atoms with Crippen LogP contribution in [0.5, 0.6) is 0 Å². The third-order valence-corrected chi connectivity index (χ3v) is 4.51. The lowest BCUT2D eigenvalue weighted by atomic mass is 10.1. The number of aromatic nitrogens is 2. The lowest BCUT2D eigenvalue weighted by Gasteiger charge is -2.21. The third-order valence-electron chi connectivity index (χ3n) is 4.51. The van der Waals surface area contributed by atoms with Crippen LogP contribution in [-0.4, -0.2) is 39.0 Å². The number of benzene rings is 2. The maximum Gasteiger partial charge on any atom is 0.270 e. The minimum atomic E-state index is -0.136. The van der Waals surface area contributed by atoms with E-state index in [-0.39, 0.29) is 19.1 Å². The molecule has 0 unspecified atom stereocenters. The Hall–Kier alpha value is -3.18. The van der Waals surface area contributed by atoms with E-state index in [1.165, 1.54) is 0 Å². The molecule has 2 aromatic carbocycles. The van der Waals surface area contributed by atoms with Gasteiger partial charge < -0.3 is 15.0 Å². The molecule has 0 atom stereocenters. The largest absolute Gasteiger partial charge is 0.395 e. The summed E-state index contributed by atoms with van der Waals surface area (Å²) < 4.78 is 0. The van der Waals surface area contributed by atoms with Gasteiger partial charge in [0, 0.05) is 36.4 Å². The first-order chi connectivity index (χ1) is 12.8. The van der Waals surface area contributed by atoms with Crippen LogP contribution in [0.4, 0.5) is 0 Å². The Morgan fingerprint density at radius 1 is 1.08 bits per heavy atom. The fourth-order valence-corrected chi connectivity index (χ4v) is 3.26. The van der Waals surface area contributed by atoms with E-state index >= 15 is 0 Å². The molecule has 2 heterocycles. The van der Waals surface area contributed by atoms with Gasteiger partial charge in [-0.3, -0.25) is 9.78 Å². The van der Waals surface area contributed by atoms with E-state index in [2.05, 4.69) is 22.1 Å². The monoisotopic (exact) mass is 345 g/mol. The van der Waals surface area contributed by atoms with Crippen molar-refractivity contribution in [3.05, 3.63) is 78.2 Å². The van der Waals surface area contributed by atoms with Crippen LogP contribution in [-0.2, 0) is 6.54 Å². The minimum Gasteiger partial charge on any atom is -0.395 e. The van der Waals surface area contributed by atoms with Gasteiger partial charge in [-0.05, 0) is 34.5 Å². The Morgan fingerprint density at radius 2 is 1.96 bits per heavy atom. The fraction of sp³-hybridized carbons (Fsp3) is 0.143. The van der Waals surface area contributed by atoms with Crippen LogP contribution in [0.3, 0.4) is 0 Å². The molecule has 2 aromatic heterocycles. The van der Waals surface area contributed by atoms with E-state index in [1.54, 1.807) is 17.3 Å². The number of nitrogens with zero attached hydrogens (tertiary/aromatic N) is 2. The summed E-state index contributed by atoms with van der Waals surface area (Å²) >= 11 is 0. The predicted octanol–water partition coefficient (Wildman–Crippen LogP) is 3.35. The molecule has 130 valence electrons. The Kier molecular flexibility index (Phi) is 4.37. The van der Waals surface area contributed by atoms with Crippen molar-refractivity contribution in [1.29, 1.82) is 0 Å². The van der Waals surface area contributed by atoms with Gasteiger partial charge >= 0.3 is 0 Å². The number of nitrogens with one attached hydrogen (secondary N) is 1. The molecule has 0 saturated carbocycles. The molecule has 1 amide bonds. The SMILES string of the molecule is O=C(c1cc2c(ccc3ccccc32)[nH]1)N(CCO)Cc1cccnc1. The van der Waals surface area contributed by atoms with Crippen molar-refractivity contribution in [2.24, 2.45) is 0 Å². The van der Waals surface area contributed by atoms with E-state index in [1.807, 2.05) is 42.5 Å². The molecule has 0 bridgehead atoms. The maximum atomic E-state index is 13.0. The first-order valence-corrected chi connectivity index (χ1v) is 8.56. The van der Waals surface area contributed by atoms with Crippen molar-refractivity contribution in [2.75, 3.05) is 13.2 Å². The highest BCUT2D eigenvalue weighted by atomic mass is 16.3. The van der Waals surface area contributed by atoms with E-state index < -0.39 is 0 Å². The molecule has 5 heteroatoms. The zero-order valence-electron chi connectivity index (χ0n) is 14.2. The standard InChI is InChI=1S/C21H19N3O2/c25-11-10-24(14-15-4-3-9-22-13-15)21(26)20-12-18-17-6-2-1-5-16(17)7-8-19(18)23-20/h1-9,12-13,23,25H,10-11,14H2. The van der Waals surface area contributed by atoms with Crippen LogP contribution in [0.1, 0.15) is 16.1 Å². The molecular weight excluding hydrogens is 326 g/mol. The van der Waals surface area contributed by atoms with Crippen molar-refractivity contribution < 1.29 is 9.90 Å². The van der Waals surface area contributed by atoms with Crippen molar-refractivity contribution >= 4 is 27.6 Å². The summed E-state index contributed by atoms with van der Waals surface area (Å²) in [5, 5.41) is 12.6. The average molecular weight is 345 g/mol. The Balaban J connectivity index is 1.70. The van der Waals surface area contributed by atoms with Crippen LogP contribution in [0.25, 0.3) is 21.7 Å². The van der Waals surface area contributed by atoms with Crippen LogP contribution in [0.2, 0.25) is 0 Å². The van der Waals surface area contributed by atoms with Crippen molar-refractivity contribution in [3.8, 4) is 0 Å². The van der Waals surface area contributed by atoms with E-state index in [4.69, 9.17) is 0 Å². The normalized spacial score (nSPS) is 11.1. The van der Waals surface area contributed by atoms with Crippen molar-refractivity contribution in [3.63, 3.8) is 0 Å². The van der Waals surface area contributed by atoms with Gasteiger partial charge in [-0.1, -0.05) is 36.4 Å². The second kappa shape index (κ2) is 6.98. The molecule has 0 saturated heterocycles. The number of carbonyl (C=O) groups is 1. The summed E-state index contributed by atoms with van der Waals surface area (Å²) in [6, 6.07) is 17.8. The number of fused-ring (bicyclic) bond motifs is 3. The average Bonchev–Trinajstić information content (AvgIpc) is 3.13. The molecule has 26 heavy (non-hydrogen) atoms. The summed E-state index contributed by atoms with van der Waals surface area (Å²) in [6.07, 6.45) is 3.43. The molecule has 0 spiro atoms. The summed E-state index contributed by atoms with van der Waals surface area (Å²) in [5.74, 6) is -0.136. The fourth-order valence-electron chi connectivity index (χ4n) is 3.26. The molecule has 0 radical (unpaired) electrons. The summed E-state index contributed by atoms with van der Waals surface area (Å²) in [4.78, 5) is 22.0. The molecular formula is C21H19N3O2. The summed E-state index contributed by atoms with van der Waals surface area (Å²) in [5.41, 5.74) is 2.38. The lowest BCUT2D eigenvalue weighted by Crippen LogP contribution is -2.33. The van der Waals surface area contributed by atoms with Gasteiger partial charge in [-0.25, -0.2) is 0 Å². The van der Waals surface area contributed by atoms with Gasteiger partial charge in [0.25, 0.3) is 5.91 Å². The highest BCUT2D eigenvalue weighted by Crippen LogP contribution is 2.26. The molecule has 2 N–H and O–H groups in total. The van der Waals surface area contributed by atoms with Crippen LogP contribution in [0, 0.1) is 0 Å². The summed E-state index contributed by atoms with van der Waals surface area (Å²) in [6.45, 7) is 0.586. The van der Waals surface area contributed by atoms with Gasteiger partial charge in [0.05, 0.1) is 6.61 Å². The molecule has 4 aromatic rings. The van der Waals surface area contributed by atoms with Gasteiger partial charge in [-0.15, -0.1) is 0 Å². The second-order valence-electron chi connectivity index (χ2n) is 6.24. The van der Waals surface area contributed by atoms with Gasteiger partial charge in [0.1, 0.15) is 5.69 Å². The highest BCUT2D eigenvalue weighted by Gasteiger charge is 2.18. The number of aromatic amines is 1. The smallest absolute Gasteiger partial charge is 0.270 e. The van der Waals surface area contributed by atoms with Crippen LogP contribution >= 0.6 is 0 Å². The zero-order chi connectivity index (χ0) is 17.9. The van der Waals surface area contributed by atoms with Gasteiger partial charge in [0.2, 0.25) is 0 Å². The Morgan fingerprint density at radius 3 is 2.77 bits per heavy atom.